The number of nitrogens with one attached hydrogen (secondary N) is 1. The van der Waals surface area contributed by atoms with Crippen LogP contribution in [0.5, 0.6) is 0 Å². The van der Waals surface area contributed by atoms with Crippen molar-refractivity contribution < 1.29 is 4.79 Å². The van der Waals surface area contributed by atoms with Crippen molar-refractivity contribution in [3.8, 4) is 0 Å². The van der Waals surface area contributed by atoms with E-state index in [1.54, 1.807) is 6.07 Å². The normalized spacial score (nSPS) is 11.7. The van der Waals surface area contributed by atoms with Gasteiger partial charge in [0.25, 0.3) is 5.91 Å². The van der Waals surface area contributed by atoms with E-state index in [0.717, 1.165) is 17.0 Å². The molecule has 2 heterocycles. The summed E-state index contributed by atoms with van der Waals surface area (Å²) in [5.74, 6) is -0.153. The number of aryl methyl sites for hydroxylation is 2. The lowest BCUT2D eigenvalue weighted by molar-refractivity contribution is 0.0913. The number of halogens is 1. The van der Waals surface area contributed by atoms with Gasteiger partial charge in [0.1, 0.15) is 5.65 Å². The van der Waals surface area contributed by atoms with E-state index >= 15 is 0 Å². The Morgan fingerprint density at radius 1 is 1.21 bits per heavy atom. The molecule has 1 aromatic carbocycles. The van der Waals surface area contributed by atoms with Crippen molar-refractivity contribution in [1.29, 1.82) is 0 Å². The van der Waals surface area contributed by atoms with Crippen molar-refractivity contribution in [3.63, 3.8) is 0 Å². The second-order valence-corrected chi connectivity index (χ2v) is 6.99. The number of rotatable bonds is 3. The number of fused-ring (bicyclic) bond motifs is 1. The first-order chi connectivity index (χ1) is 11.3. The van der Waals surface area contributed by atoms with Gasteiger partial charge >= 0.3 is 0 Å². The van der Waals surface area contributed by atoms with E-state index < -0.39 is 5.54 Å². The molecular weight excluding hydrogens is 322 g/mol. The van der Waals surface area contributed by atoms with Gasteiger partial charge in [0.2, 0.25) is 0 Å². The quantitative estimate of drug-likeness (QED) is 0.773. The third kappa shape index (κ3) is 3.02. The van der Waals surface area contributed by atoms with Gasteiger partial charge in [-0.05, 0) is 57.5 Å². The Labute approximate surface area is 146 Å². The van der Waals surface area contributed by atoms with Gasteiger partial charge in [0.15, 0.2) is 0 Å². The Hall–Kier alpha value is -2.33. The zero-order chi connectivity index (χ0) is 17.5. The molecule has 3 aromatic rings. The van der Waals surface area contributed by atoms with E-state index in [-0.39, 0.29) is 5.91 Å². The highest BCUT2D eigenvalue weighted by Crippen LogP contribution is 2.24. The maximum absolute atomic E-state index is 12.8. The number of carbonyl (C=O) groups excluding carboxylic acids is 1. The Morgan fingerprint density at radius 2 is 1.96 bits per heavy atom. The summed E-state index contributed by atoms with van der Waals surface area (Å²) in [6, 6.07) is 11.3. The smallest absolute Gasteiger partial charge is 0.255 e. The molecule has 124 valence electrons. The fraction of sp³-hybridized carbons (Fsp3) is 0.263. The zero-order valence-electron chi connectivity index (χ0n) is 14.2. The molecule has 0 aliphatic carbocycles. The third-order valence-corrected chi connectivity index (χ3v) is 4.39. The molecule has 0 aliphatic heterocycles. The molecule has 2 aromatic heterocycles. The number of nitrogens with zero attached hydrogens (tertiary/aromatic N) is 2. The van der Waals surface area contributed by atoms with E-state index in [1.807, 2.05) is 68.6 Å². The van der Waals surface area contributed by atoms with Crippen LogP contribution in [-0.2, 0) is 5.54 Å². The van der Waals surface area contributed by atoms with E-state index in [0.29, 0.717) is 16.2 Å². The second-order valence-electron chi connectivity index (χ2n) is 6.55. The van der Waals surface area contributed by atoms with Crippen LogP contribution in [0, 0.1) is 13.8 Å². The van der Waals surface area contributed by atoms with Crippen LogP contribution >= 0.6 is 11.6 Å². The summed E-state index contributed by atoms with van der Waals surface area (Å²) in [5.41, 5.74) is 3.58. The number of amides is 1. The molecule has 0 saturated heterocycles. The second kappa shape index (κ2) is 5.95. The Morgan fingerprint density at radius 3 is 2.67 bits per heavy atom. The SMILES string of the molecule is Cc1cc(C)n2ccc(C(=O)NC(C)(C)c3cccc(Cl)c3)c2n1. The minimum Gasteiger partial charge on any atom is -0.343 e. The average Bonchev–Trinajstić information content (AvgIpc) is 2.91. The minimum atomic E-state index is -0.547. The molecule has 3 rings (SSSR count). The number of hydrogen-bond donors (Lipinski definition) is 1. The van der Waals surface area contributed by atoms with Crippen molar-refractivity contribution in [1.82, 2.24) is 14.7 Å². The van der Waals surface area contributed by atoms with Gasteiger partial charge in [0.05, 0.1) is 11.1 Å². The minimum absolute atomic E-state index is 0.153. The van der Waals surface area contributed by atoms with Crippen molar-refractivity contribution in [2.24, 2.45) is 0 Å². The molecule has 4 nitrogen and oxygen atoms in total. The summed E-state index contributed by atoms with van der Waals surface area (Å²) in [6.45, 7) is 7.84. The van der Waals surface area contributed by atoms with Crippen molar-refractivity contribution in [2.75, 3.05) is 0 Å². The van der Waals surface area contributed by atoms with Gasteiger partial charge < -0.3 is 9.72 Å². The molecule has 0 aliphatic rings. The molecule has 0 unspecified atom stereocenters. The van der Waals surface area contributed by atoms with Gasteiger partial charge in [-0.25, -0.2) is 4.98 Å². The summed E-state index contributed by atoms with van der Waals surface area (Å²) < 4.78 is 1.92. The van der Waals surface area contributed by atoms with Crippen molar-refractivity contribution in [3.05, 3.63) is 70.1 Å². The highest BCUT2D eigenvalue weighted by atomic mass is 35.5. The topological polar surface area (TPSA) is 46.4 Å². The lowest BCUT2D eigenvalue weighted by Crippen LogP contribution is -2.41. The molecule has 0 atom stereocenters. The van der Waals surface area contributed by atoms with Gasteiger partial charge in [-0.1, -0.05) is 23.7 Å². The van der Waals surface area contributed by atoms with Gasteiger partial charge in [-0.15, -0.1) is 0 Å². The predicted octanol–water partition coefficient (Wildman–Crippen LogP) is 4.27. The summed E-state index contributed by atoms with van der Waals surface area (Å²) in [7, 11) is 0. The molecule has 0 fully saturated rings. The van der Waals surface area contributed by atoms with Gasteiger partial charge in [-0.3, -0.25) is 4.79 Å². The van der Waals surface area contributed by atoms with Crippen LogP contribution < -0.4 is 5.32 Å². The van der Waals surface area contributed by atoms with Gasteiger partial charge in [0, 0.05) is 22.6 Å². The van der Waals surface area contributed by atoms with Crippen LogP contribution in [0.2, 0.25) is 5.02 Å². The Kier molecular flexibility index (Phi) is 4.10. The van der Waals surface area contributed by atoms with Crippen LogP contribution in [-0.4, -0.2) is 15.3 Å². The predicted molar refractivity (Wildman–Crippen MR) is 96.6 cm³/mol. The molecular formula is C19H20ClN3O. The molecule has 0 saturated carbocycles. The summed E-state index contributed by atoms with van der Waals surface area (Å²) >= 11 is 6.07. The molecule has 24 heavy (non-hydrogen) atoms. The highest BCUT2D eigenvalue weighted by Gasteiger charge is 2.25. The monoisotopic (exact) mass is 341 g/mol. The highest BCUT2D eigenvalue weighted by molar-refractivity contribution is 6.30. The fourth-order valence-electron chi connectivity index (χ4n) is 2.87. The number of benzene rings is 1. The lowest BCUT2D eigenvalue weighted by Gasteiger charge is -2.27. The van der Waals surface area contributed by atoms with Crippen LogP contribution in [0.3, 0.4) is 0 Å². The van der Waals surface area contributed by atoms with E-state index in [1.165, 1.54) is 0 Å². The van der Waals surface area contributed by atoms with Crippen molar-refractivity contribution >= 4 is 23.2 Å². The van der Waals surface area contributed by atoms with Crippen LogP contribution in [0.4, 0.5) is 0 Å². The van der Waals surface area contributed by atoms with E-state index in [9.17, 15) is 4.79 Å². The number of hydrogen-bond acceptors (Lipinski definition) is 2. The fourth-order valence-corrected chi connectivity index (χ4v) is 3.06. The van der Waals surface area contributed by atoms with Gasteiger partial charge in [-0.2, -0.15) is 0 Å². The standard InChI is InChI=1S/C19H20ClN3O/c1-12-10-13(2)23-9-8-16(17(23)21-12)18(24)22-19(3,4)14-6-5-7-15(20)11-14/h5-11H,1-4H3,(H,22,24). The van der Waals surface area contributed by atoms with Crippen LogP contribution in [0.15, 0.2) is 42.6 Å². The number of carbonyl (C=O) groups is 1. The van der Waals surface area contributed by atoms with E-state index in [4.69, 9.17) is 11.6 Å². The van der Waals surface area contributed by atoms with Crippen molar-refractivity contribution in [2.45, 2.75) is 33.2 Å². The summed E-state index contributed by atoms with van der Waals surface area (Å²) in [4.78, 5) is 17.3. The average molecular weight is 342 g/mol. The third-order valence-electron chi connectivity index (χ3n) is 4.16. The summed E-state index contributed by atoms with van der Waals surface area (Å²) in [6.07, 6.45) is 1.87. The van der Waals surface area contributed by atoms with E-state index in [2.05, 4.69) is 10.3 Å². The maximum Gasteiger partial charge on any atom is 0.255 e. The lowest BCUT2D eigenvalue weighted by atomic mass is 9.94. The summed E-state index contributed by atoms with van der Waals surface area (Å²) in [5, 5.41) is 3.73. The molecule has 1 N–H and O–H groups in total. The molecule has 1 amide bonds. The molecule has 0 bridgehead atoms. The maximum atomic E-state index is 12.8. The first-order valence-electron chi connectivity index (χ1n) is 7.82. The zero-order valence-corrected chi connectivity index (χ0v) is 15.0. The largest absolute Gasteiger partial charge is 0.343 e. The first kappa shape index (κ1) is 16.5. The molecule has 5 heteroatoms. The number of aromatic nitrogens is 2. The Balaban J connectivity index is 1.95. The van der Waals surface area contributed by atoms with Crippen LogP contribution in [0.25, 0.3) is 5.65 Å². The first-order valence-corrected chi connectivity index (χ1v) is 8.19. The Bertz CT molecular complexity index is 928. The molecule has 0 radical (unpaired) electrons. The van der Waals surface area contributed by atoms with Crippen LogP contribution in [0.1, 0.15) is 41.2 Å². The molecule has 0 spiro atoms.